The Morgan fingerprint density at radius 1 is 1.00 bits per heavy atom. The maximum absolute atomic E-state index is 13.0. The minimum absolute atomic E-state index is 0.0206. The summed E-state index contributed by atoms with van der Waals surface area (Å²) in [5.74, 6) is -1.72. The molecule has 182 valence electrons. The van der Waals surface area contributed by atoms with E-state index in [1.165, 1.54) is 20.8 Å². The first-order valence-corrected chi connectivity index (χ1v) is 10.7. The third kappa shape index (κ3) is 6.32. The maximum Gasteiger partial charge on any atom is 0.303 e. The molecule has 3 heterocycles. The first-order valence-electron chi connectivity index (χ1n) is 10.7. The SMILES string of the molecule is CC(=O)OCC1OC(OC2=C(C)OC(=C3CCOCC3)C2=O)CC(OC(C)=O)[C@@H]1OC(C)=O. The highest BCUT2D eigenvalue weighted by atomic mass is 16.7. The van der Waals surface area contributed by atoms with Gasteiger partial charge >= 0.3 is 17.9 Å². The van der Waals surface area contributed by atoms with Crippen LogP contribution in [0.4, 0.5) is 0 Å². The van der Waals surface area contributed by atoms with Crippen molar-refractivity contribution in [1.29, 1.82) is 0 Å². The summed E-state index contributed by atoms with van der Waals surface area (Å²) in [6, 6.07) is 0. The van der Waals surface area contributed by atoms with Crippen molar-refractivity contribution in [2.75, 3.05) is 19.8 Å². The molecule has 4 atom stereocenters. The van der Waals surface area contributed by atoms with Gasteiger partial charge in [0, 0.05) is 20.8 Å². The quantitative estimate of drug-likeness (QED) is 0.318. The predicted octanol–water partition coefficient (Wildman–Crippen LogP) is 1.44. The second kappa shape index (κ2) is 10.8. The molecule has 11 nitrogen and oxygen atoms in total. The normalized spacial score (nSPS) is 27.7. The average molecular weight is 468 g/mol. The molecule has 2 fully saturated rings. The van der Waals surface area contributed by atoms with Crippen molar-refractivity contribution in [3.05, 3.63) is 22.9 Å². The van der Waals surface area contributed by atoms with Crippen molar-refractivity contribution in [2.24, 2.45) is 0 Å². The van der Waals surface area contributed by atoms with Gasteiger partial charge in [-0.2, -0.15) is 0 Å². The van der Waals surface area contributed by atoms with Crippen LogP contribution in [0.1, 0.15) is 47.0 Å². The maximum atomic E-state index is 13.0. The van der Waals surface area contributed by atoms with Gasteiger partial charge in [-0.1, -0.05) is 0 Å². The molecule has 0 saturated carbocycles. The number of esters is 3. The Kier molecular flexibility index (Phi) is 8.09. The van der Waals surface area contributed by atoms with Crippen molar-refractivity contribution in [2.45, 2.75) is 71.6 Å². The van der Waals surface area contributed by atoms with E-state index in [0.29, 0.717) is 26.1 Å². The molecular weight excluding hydrogens is 440 g/mol. The molecule has 0 amide bonds. The highest BCUT2D eigenvalue weighted by Gasteiger charge is 2.46. The Bertz CT molecular complexity index is 864. The van der Waals surface area contributed by atoms with Gasteiger partial charge in [0.25, 0.3) is 5.78 Å². The predicted molar refractivity (Wildman–Crippen MR) is 108 cm³/mol. The fourth-order valence-electron chi connectivity index (χ4n) is 3.83. The number of rotatable bonds is 6. The van der Waals surface area contributed by atoms with E-state index in [4.69, 9.17) is 33.2 Å². The van der Waals surface area contributed by atoms with Crippen LogP contribution >= 0.6 is 0 Å². The topological polar surface area (TPSA) is 133 Å². The number of hydrogen-bond donors (Lipinski definition) is 0. The second-order valence-electron chi connectivity index (χ2n) is 7.84. The van der Waals surface area contributed by atoms with Gasteiger partial charge in [-0.15, -0.1) is 0 Å². The minimum atomic E-state index is -1.06. The fourth-order valence-corrected chi connectivity index (χ4v) is 3.83. The Morgan fingerprint density at radius 3 is 2.27 bits per heavy atom. The zero-order chi connectivity index (χ0) is 24.1. The van der Waals surface area contributed by atoms with Gasteiger partial charge in [-0.25, -0.2) is 0 Å². The van der Waals surface area contributed by atoms with E-state index in [1.54, 1.807) is 6.92 Å². The molecule has 0 radical (unpaired) electrons. The van der Waals surface area contributed by atoms with Crippen molar-refractivity contribution in [3.63, 3.8) is 0 Å². The first-order chi connectivity index (χ1) is 15.7. The van der Waals surface area contributed by atoms with E-state index in [-0.39, 0.29) is 30.3 Å². The summed E-state index contributed by atoms with van der Waals surface area (Å²) in [5.41, 5.74) is 0.856. The number of ketones is 1. The Balaban J connectivity index is 1.79. The highest BCUT2D eigenvalue weighted by Crippen LogP contribution is 2.34. The van der Waals surface area contributed by atoms with Crippen molar-refractivity contribution >= 4 is 23.7 Å². The zero-order valence-electron chi connectivity index (χ0n) is 19.0. The molecule has 0 N–H and O–H groups in total. The molecule has 3 unspecified atom stereocenters. The van der Waals surface area contributed by atoms with Crippen LogP contribution < -0.4 is 0 Å². The van der Waals surface area contributed by atoms with Crippen LogP contribution in [0.3, 0.4) is 0 Å². The summed E-state index contributed by atoms with van der Waals surface area (Å²) >= 11 is 0. The summed E-state index contributed by atoms with van der Waals surface area (Å²) < 4.78 is 38.4. The standard InChI is InChI=1S/C22H28O11/c1-11-20(19(26)21(29-11)15-5-7-27-8-6-15)33-18-9-16(30-13(3)24)22(31-14(4)25)17(32-18)10-28-12(2)23/h16-18,22H,5-10H2,1-4H3/t16?,17?,18?,22-/m0/s1. The average Bonchev–Trinajstić information content (AvgIpc) is 3.02. The summed E-state index contributed by atoms with van der Waals surface area (Å²) in [5, 5.41) is 0. The number of ether oxygens (including phenoxy) is 7. The lowest BCUT2D eigenvalue weighted by Gasteiger charge is -2.39. The molecule has 2 saturated heterocycles. The van der Waals surface area contributed by atoms with E-state index in [2.05, 4.69) is 0 Å². The minimum Gasteiger partial charge on any atom is -0.463 e. The Hall–Kier alpha value is -2.92. The molecule has 11 heteroatoms. The number of carbonyl (C=O) groups excluding carboxylic acids is 4. The number of Topliss-reactive ketones (excluding diaryl/α,β-unsaturated/α-hetero) is 1. The fraction of sp³-hybridized carbons (Fsp3) is 0.636. The van der Waals surface area contributed by atoms with Gasteiger partial charge < -0.3 is 33.2 Å². The monoisotopic (exact) mass is 468 g/mol. The van der Waals surface area contributed by atoms with E-state index < -0.39 is 48.3 Å². The molecule has 33 heavy (non-hydrogen) atoms. The van der Waals surface area contributed by atoms with Crippen molar-refractivity contribution in [1.82, 2.24) is 0 Å². The van der Waals surface area contributed by atoms with Crippen LogP contribution in [-0.4, -0.2) is 68.1 Å². The molecule has 0 spiro atoms. The molecule has 3 aliphatic rings. The lowest BCUT2D eigenvalue weighted by Crippen LogP contribution is -2.54. The molecule has 0 aromatic carbocycles. The van der Waals surface area contributed by atoms with Crippen molar-refractivity contribution < 1.29 is 52.3 Å². The van der Waals surface area contributed by atoms with Crippen molar-refractivity contribution in [3.8, 4) is 0 Å². The third-order valence-corrected chi connectivity index (χ3v) is 5.21. The largest absolute Gasteiger partial charge is 0.463 e. The number of carbonyl (C=O) groups is 4. The molecular formula is C22H28O11. The lowest BCUT2D eigenvalue weighted by atomic mass is 10.0. The lowest BCUT2D eigenvalue weighted by molar-refractivity contribution is -0.257. The summed E-state index contributed by atoms with van der Waals surface area (Å²) in [6.45, 7) is 5.98. The highest BCUT2D eigenvalue weighted by molar-refractivity contribution is 6.08. The van der Waals surface area contributed by atoms with Gasteiger partial charge in [-0.05, 0) is 25.3 Å². The molecule has 3 aliphatic heterocycles. The number of hydrogen-bond acceptors (Lipinski definition) is 11. The van der Waals surface area contributed by atoms with E-state index in [0.717, 1.165) is 5.57 Å². The van der Waals surface area contributed by atoms with Gasteiger partial charge in [-0.3, -0.25) is 19.2 Å². The second-order valence-corrected chi connectivity index (χ2v) is 7.84. The van der Waals surface area contributed by atoms with E-state index in [1.807, 2.05) is 0 Å². The summed E-state index contributed by atoms with van der Waals surface area (Å²) in [7, 11) is 0. The number of allylic oxidation sites excluding steroid dienone is 1. The Labute approximate surface area is 190 Å². The van der Waals surface area contributed by atoms with Gasteiger partial charge in [0.2, 0.25) is 12.0 Å². The molecule has 0 aromatic rings. The molecule has 3 rings (SSSR count). The Morgan fingerprint density at radius 2 is 1.67 bits per heavy atom. The van der Waals surface area contributed by atoms with E-state index >= 15 is 0 Å². The van der Waals surface area contributed by atoms with Gasteiger partial charge in [0.15, 0.2) is 11.9 Å². The van der Waals surface area contributed by atoms with Gasteiger partial charge in [0.1, 0.15) is 24.6 Å². The zero-order valence-corrected chi connectivity index (χ0v) is 19.0. The molecule has 0 bridgehead atoms. The summed E-state index contributed by atoms with van der Waals surface area (Å²) in [6.07, 6.45) is -2.88. The third-order valence-electron chi connectivity index (χ3n) is 5.21. The van der Waals surface area contributed by atoms with E-state index in [9.17, 15) is 19.2 Å². The smallest absolute Gasteiger partial charge is 0.303 e. The van der Waals surface area contributed by atoms with Crippen LogP contribution in [0.25, 0.3) is 0 Å². The van der Waals surface area contributed by atoms with Crippen LogP contribution in [0.2, 0.25) is 0 Å². The summed E-state index contributed by atoms with van der Waals surface area (Å²) in [4.78, 5) is 47.6. The molecule has 0 aliphatic carbocycles. The van der Waals surface area contributed by atoms with Crippen LogP contribution in [0.15, 0.2) is 22.9 Å². The van der Waals surface area contributed by atoms with Crippen LogP contribution in [-0.2, 0) is 52.3 Å². The molecule has 0 aromatic heterocycles. The van der Waals surface area contributed by atoms with Crippen LogP contribution in [0.5, 0.6) is 0 Å². The first kappa shape index (κ1) is 24.7. The van der Waals surface area contributed by atoms with Gasteiger partial charge in [0.05, 0.1) is 19.6 Å². The van der Waals surface area contributed by atoms with Crippen LogP contribution in [0, 0.1) is 0 Å².